The first-order chi connectivity index (χ1) is 12.9. The minimum Gasteiger partial charge on any atom is -0.380 e. The first-order valence-corrected chi connectivity index (χ1v) is 10.0. The molecule has 142 valence electrons. The average Bonchev–Trinajstić information content (AvgIpc) is 3.27. The molecule has 1 aliphatic heterocycles. The Morgan fingerprint density at radius 3 is 2.89 bits per heavy atom. The van der Waals surface area contributed by atoms with Gasteiger partial charge in [0.25, 0.3) is 0 Å². The zero-order chi connectivity index (χ0) is 19.0. The lowest BCUT2D eigenvalue weighted by Gasteiger charge is -2.12. The van der Waals surface area contributed by atoms with Crippen molar-refractivity contribution in [1.82, 2.24) is 14.1 Å². The van der Waals surface area contributed by atoms with Crippen LogP contribution in [0.5, 0.6) is 0 Å². The van der Waals surface area contributed by atoms with Gasteiger partial charge in [-0.05, 0) is 49.2 Å². The third-order valence-electron chi connectivity index (χ3n) is 4.48. The summed E-state index contributed by atoms with van der Waals surface area (Å²) in [7, 11) is -3.67. The number of nitrogens with zero attached hydrogens (tertiary/aromatic N) is 2. The average molecular weight is 390 g/mol. The third kappa shape index (κ3) is 3.66. The number of halogens is 1. The fourth-order valence-corrected chi connectivity index (χ4v) is 4.24. The van der Waals surface area contributed by atoms with Crippen molar-refractivity contribution in [1.29, 1.82) is 0 Å². The van der Waals surface area contributed by atoms with E-state index in [1.165, 1.54) is 12.3 Å². The van der Waals surface area contributed by atoms with Gasteiger partial charge >= 0.3 is 0 Å². The summed E-state index contributed by atoms with van der Waals surface area (Å²) < 4.78 is 48.3. The molecule has 0 radical (unpaired) electrons. The van der Waals surface area contributed by atoms with E-state index in [1.54, 1.807) is 41.8 Å². The smallest absolute Gasteiger partial charge is 0.242 e. The molecule has 3 aromatic rings. The Morgan fingerprint density at radius 1 is 1.30 bits per heavy atom. The molecular formula is C18H19FN4O3S. The van der Waals surface area contributed by atoms with Gasteiger partial charge < -0.3 is 10.1 Å². The van der Waals surface area contributed by atoms with Gasteiger partial charge in [0.2, 0.25) is 16.0 Å². The van der Waals surface area contributed by atoms with Crippen LogP contribution in [0, 0.1) is 12.7 Å². The lowest BCUT2D eigenvalue weighted by atomic mass is 10.2. The lowest BCUT2D eigenvalue weighted by Crippen LogP contribution is -2.35. The normalized spacial score (nSPS) is 17.5. The van der Waals surface area contributed by atoms with Gasteiger partial charge in [-0.25, -0.2) is 22.5 Å². The van der Waals surface area contributed by atoms with Crippen molar-refractivity contribution in [2.24, 2.45) is 0 Å². The van der Waals surface area contributed by atoms with E-state index in [1.807, 2.05) is 0 Å². The standard InChI is InChI=1S/C18H19FN4O3S/c1-12-8-13(2-5-17(12)19)21-18-20-9-15-3-4-16(10-23(15)18)27(24,25)22-14-6-7-26-11-14/h2-5,8-10,14,22H,6-7,11H2,1H3,(H,20,21). The molecule has 0 amide bonds. The monoisotopic (exact) mass is 390 g/mol. The maximum atomic E-state index is 13.5. The van der Waals surface area contributed by atoms with Crippen LogP contribution in [0.4, 0.5) is 16.0 Å². The number of benzene rings is 1. The molecule has 9 heteroatoms. The van der Waals surface area contributed by atoms with Crippen LogP contribution in [0.1, 0.15) is 12.0 Å². The summed E-state index contributed by atoms with van der Waals surface area (Å²) in [6.45, 7) is 2.61. The van der Waals surface area contributed by atoms with E-state index < -0.39 is 10.0 Å². The highest BCUT2D eigenvalue weighted by molar-refractivity contribution is 7.89. The number of fused-ring (bicyclic) bond motifs is 1. The lowest BCUT2D eigenvalue weighted by molar-refractivity contribution is 0.192. The number of hydrogen-bond acceptors (Lipinski definition) is 5. The first kappa shape index (κ1) is 17.9. The van der Waals surface area contributed by atoms with Gasteiger partial charge in [0, 0.05) is 24.5 Å². The predicted octanol–water partition coefficient (Wildman–Crippen LogP) is 2.59. The van der Waals surface area contributed by atoms with E-state index in [9.17, 15) is 12.8 Å². The SMILES string of the molecule is Cc1cc(Nc2ncc3ccc(S(=O)(=O)NC4CCOC4)cn23)ccc1F. The zero-order valence-corrected chi connectivity index (χ0v) is 15.5. The Labute approximate surface area is 156 Å². The van der Waals surface area contributed by atoms with Gasteiger partial charge in [-0.15, -0.1) is 0 Å². The van der Waals surface area contributed by atoms with E-state index in [-0.39, 0.29) is 16.8 Å². The van der Waals surface area contributed by atoms with Crippen LogP contribution in [0.2, 0.25) is 0 Å². The second-order valence-corrected chi connectivity index (χ2v) is 8.23. The molecule has 1 saturated heterocycles. The quantitative estimate of drug-likeness (QED) is 0.700. The molecule has 1 aliphatic rings. The minimum atomic E-state index is -3.67. The maximum absolute atomic E-state index is 13.5. The number of rotatable bonds is 5. The molecule has 0 spiro atoms. The Kier molecular flexibility index (Phi) is 4.58. The summed E-state index contributed by atoms with van der Waals surface area (Å²) in [4.78, 5) is 4.43. The fourth-order valence-electron chi connectivity index (χ4n) is 2.99. The molecule has 1 aromatic carbocycles. The number of aryl methyl sites for hydroxylation is 1. The molecule has 27 heavy (non-hydrogen) atoms. The number of imidazole rings is 1. The van der Waals surface area contributed by atoms with Crippen LogP contribution in [0.15, 0.2) is 47.6 Å². The number of anilines is 2. The molecular weight excluding hydrogens is 371 g/mol. The third-order valence-corrected chi connectivity index (χ3v) is 5.98. The topological polar surface area (TPSA) is 84.7 Å². The second-order valence-electron chi connectivity index (χ2n) is 6.51. The van der Waals surface area contributed by atoms with Crippen molar-refractivity contribution >= 4 is 27.2 Å². The zero-order valence-electron chi connectivity index (χ0n) is 14.6. The number of nitrogens with one attached hydrogen (secondary N) is 2. The van der Waals surface area contributed by atoms with Crippen LogP contribution < -0.4 is 10.0 Å². The highest BCUT2D eigenvalue weighted by atomic mass is 32.2. The first-order valence-electron chi connectivity index (χ1n) is 8.53. The molecule has 1 fully saturated rings. The maximum Gasteiger partial charge on any atom is 0.242 e. The molecule has 7 nitrogen and oxygen atoms in total. The molecule has 4 rings (SSSR count). The van der Waals surface area contributed by atoms with Crippen LogP contribution >= 0.6 is 0 Å². The summed E-state index contributed by atoms with van der Waals surface area (Å²) >= 11 is 0. The molecule has 2 aromatic heterocycles. The molecule has 0 saturated carbocycles. The van der Waals surface area contributed by atoms with Gasteiger partial charge in [0.15, 0.2) is 0 Å². The summed E-state index contributed by atoms with van der Waals surface area (Å²) in [5, 5.41) is 3.10. The molecule has 2 N–H and O–H groups in total. The molecule has 0 aliphatic carbocycles. The van der Waals surface area contributed by atoms with E-state index >= 15 is 0 Å². The van der Waals surface area contributed by atoms with E-state index in [4.69, 9.17) is 4.74 Å². The number of pyridine rings is 1. The highest BCUT2D eigenvalue weighted by Crippen LogP contribution is 2.22. The Morgan fingerprint density at radius 2 is 2.15 bits per heavy atom. The highest BCUT2D eigenvalue weighted by Gasteiger charge is 2.24. The van der Waals surface area contributed by atoms with Crippen molar-refractivity contribution in [2.75, 3.05) is 18.5 Å². The fraction of sp³-hybridized carbons (Fsp3) is 0.278. The largest absolute Gasteiger partial charge is 0.380 e. The van der Waals surface area contributed by atoms with Crippen molar-refractivity contribution < 1.29 is 17.5 Å². The van der Waals surface area contributed by atoms with Crippen molar-refractivity contribution in [3.63, 3.8) is 0 Å². The van der Waals surface area contributed by atoms with Crippen molar-refractivity contribution in [2.45, 2.75) is 24.3 Å². The van der Waals surface area contributed by atoms with Gasteiger partial charge in [-0.3, -0.25) is 4.40 Å². The minimum absolute atomic E-state index is 0.137. The molecule has 0 bridgehead atoms. The Hall–Kier alpha value is -2.49. The Balaban J connectivity index is 1.65. The van der Waals surface area contributed by atoms with Crippen molar-refractivity contribution in [3.8, 4) is 0 Å². The Bertz CT molecular complexity index is 1090. The van der Waals surface area contributed by atoms with Crippen LogP contribution in [0.25, 0.3) is 5.52 Å². The number of ether oxygens (including phenoxy) is 1. The van der Waals surface area contributed by atoms with Gasteiger partial charge in [0.05, 0.1) is 23.2 Å². The van der Waals surface area contributed by atoms with E-state index in [0.717, 1.165) is 5.52 Å². The van der Waals surface area contributed by atoms with Crippen LogP contribution in [0.3, 0.4) is 0 Å². The van der Waals surface area contributed by atoms with Crippen molar-refractivity contribution in [3.05, 3.63) is 54.1 Å². The van der Waals surface area contributed by atoms with E-state index in [0.29, 0.717) is 36.8 Å². The number of sulfonamides is 1. The summed E-state index contributed by atoms with van der Waals surface area (Å²) in [5.74, 6) is 0.154. The summed E-state index contributed by atoms with van der Waals surface area (Å²) in [5.41, 5.74) is 1.91. The molecule has 1 atom stereocenters. The summed E-state index contributed by atoms with van der Waals surface area (Å²) in [6, 6.07) is 7.66. The van der Waals surface area contributed by atoms with Crippen LogP contribution in [-0.4, -0.2) is 37.1 Å². The number of hydrogen-bond donors (Lipinski definition) is 2. The second kappa shape index (κ2) is 6.91. The molecule has 3 heterocycles. The van der Waals surface area contributed by atoms with Gasteiger partial charge in [0.1, 0.15) is 5.82 Å². The number of aromatic nitrogens is 2. The molecule has 1 unspecified atom stereocenters. The van der Waals surface area contributed by atoms with Crippen LogP contribution in [-0.2, 0) is 14.8 Å². The summed E-state index contributed by atoms with van der Waals surface area (Å²) in [6.07, 6.45) is 3.80. The van der Waals surface area contributed by atoms with Gasteiger partial charge in [-0.1, -0.05) is 0 Å². The van der Waals surface area contributed by atoms with E-state index in [2.05, 4.69) is 15.0 Å². The predicted molar refractivity (Wildman–Crippen MR) is 99.2 cm³/mol. The van der Waals surface area contributed by atoms with Gasteiger partial charge in [-0.2, -0.15) is 0 Å².